The highest BCUT2D eigenvalue weighted by molar-refractivity contribution is 6.33. The van der Waals surface area contributed by atoms with Crippen molar-refractivity contribution < 1.29 is 4.79 Å². The van der Waals surface area contributed by atoms with Crippen molar-refractivity contribution in [2.75, 3.05) is 44.7 Å². The number of halogens is 1. The first-order valence-electron chi connectivity index (χ1n) is 6.64. The molecular formula is C14H20ClN3O. The second kappa shape index (κ2) is 6.78. The van der Waals surface area contributed by atoms with E-state index in [1.807, 2.05) is 36.2 Å². The molecule has 0 unspecified atom stereocenters. The van der Waals surface area contributed by atoms with E-state index in [1.54, 1.807) is 0 Å². The fraction of sp³-hybridized carbons (Fsp3) is 0.500. The molecule has 19 heavy (non-hydrogen) atoms. The molecule has 0 aliphatic carbocycles. The Bertz CT molecular complexity index is 430. The van der Waals surface area contributed by atoms with Crippen LogP contribution < -0.4 is 10.2 Å². The molecule has 1 amide bonds. The monoisotopic (exact) mass is 281 g/mol. The number of carbonyl (C=O) groups is 1. The van der Waals surface area contributed by atoms with Gasteiger partial charge in [-0.15, -0.1) is 0 Å². The van der Waals surface area contributed by atoms with Crippen LogP contribution in [0.2, 0.25) is 5.02 Å². The van der Waals surface area contributed by atoms with E-state index in [2.05, 4.69) is 10.2 Å². The van der Waals surface area contributed by atoms with E-state index in [0.717, 1.165) is 43.4 Å². The van der Waals surface area contributed by atoms with E-state index in [-0.39, 0.29) is 5.91 Å². The van der Waals surface area contributed by atoms with Crippen molar-refractivity contribution in [2.45, 2.75) is 6.42 Å². The van der Waals surface area contributed by atoms with Crippen molar-refractivity contribution in [1.29, 1.82) is 0 Å². The summed E-state index contributed by atoms with van der Waals surface area (Å²) in [6.45, 7) is 3.97. The predicted molar refractivity (Wildman–Crippen MR) is 78.8 cm³/mol. The number of hydrogen-bond acceptors (Lipinski definition) is 3. The Hall–Kier alpha value is -1.26. The molecule has 1 aromatic rings. The average molecular weight is 282 g/mol. The third-order valence-corrected chi connectivity index (χ3v) is 3.73. The molecule has 1 fully saturated rings. The van der Waals surface area contributed by atoms with Gasteiger partial charge < -0.3 is 15.1 Å². The summed E-state index contributed by atoms with van der Waals surface area (Å²) < 4.78 is 0. The third kappa shape index (κ3) is 3.61. The smallest absolute Gasteiger partial charge is 0.223 e. The van der Waals surface area contributed by atoms with Gasteiger partial charge in [0.15, 0.2) is 0 Å². The number of benzene rings is 1. The summed E-state index contributed by atoms with van der Waals surface area (Å²) in [6, 6.07) is 7.86. The SMILES string of the molecule is CNCCC(=O)N1CCN(c2ccccc2Cl)CC1. The second-order valence-corrected chi connectivity index (χ2v) is 5.08. The van der Waals surface area contributed by atoms with Crippen molar-refractivity contribution in [1.82, 2.24) is 10.2 Å². The maximum absolute atomic E-state index is 11.9. The molecule has 0 aromatic heterocycles. The number of nitrogens with zero attached hydrogens (tertiary/aromatic N) is 2. The Labute approximate surface area is 119 Å². The van der Waals surface area contributed by atoms with E-state index in [0.29, 0.717) is 6.42 Å². The van der Waals surface area contributed by atoms with Crippen molar-refractivity contribution in [2.24, 2.45) is 0 Å². The molecular weight excluding hydrogens is 262 g/mol. The lowest BCUT2D eigenvalue weighted by Gasteiger charge is -2.36. The summed E-state index contributed by atoms with van der Waals surface area (Å²) in [5.74, 6) is 0.230. The highest BCUT2D eigenvalue weighted by Gasteiger charge is 2.21. The van der Waals surface area contributed by atoms with Crippen molar-refractivity contribution >= 4 is 23.2 Å². The minimum Gasteiger partial charge on any atom is -0.367 e. The van der Waals surface area contributed by atoms with E-state index < -0.39 is 0 Å². The molecule has 2 rings (SSSR count). The molecule has 5 heteroatoms. The normalized spacial score (nSPS) is 15.7. The number of carbonyl (C=O) groups excluding carboxylic acids is 1. The molecule has 0 bridgehead atoms. The fourth-order valence-corrected chi connectivity index (χ4v) is 2.55. The van der Waals surface area contributed by atoms with Gasteiger partial charge in [0.2, 0.25) is 5.91 Å². The highest BCUT2D eigenvalue weighted by Crippen LogP contribution is 2.25. The van der Waals surface area contributed by atoms with E-state index in [4.69, 9.17) is 11.6 Å². The second-order valence-electron chi connectivity index (χ2n) is 4.67. The minimum absolute atomic E-state index is 0.230. The molecule has 104 valence electrons. The predicted octanol–water partition coefficient (Wildman–Crippen LogP) is 1.60. The fourth-order valence-electron chi connectivity index (χ4n) is 2.29. The maximum Gasteiger partial charge on any atom is 0.223 e. The number of hydrogen-bond donors (Lipinski definition) is 1. The van der Waals surface area contributed by atoms with Crippen LogP contribution in [0.5, 0.6) is 0 Å². The largest absolute Gasteiger partial charge is 0.367 e. The Morgan fingerprint density at radius 2 is 1.95 bits per heavy atom. The molecule has 1 N–H and O–H groups in total. The van der Waals surface area contributed by atoms with Crippen LogP contribution in [0.3, 0.4) is 0 Å². The summed E-state index contributed by atoms with van der Waals surface area (Å²) in [7, 11) is 1.86. The summed E-state index contributed by atoms with van der Waals surface area (Å²) in [5.41, 5.74) is 1.06. The van der Waals surface area contributed by atoms with Gasteiger partial charge in [-0.05, 0) is 19.2 Å². The Balaban J connectivity index is 1.89. The maximum atomic E-state index is 11.9. The van der Waals surface area contributed by atoms with Crippen molar-refractivity contribution in [3.05, 3.63) is 29.3 Å². The number of amides is 1. The zero-order valence-electron chi connectivity index (χ0n) is 11.2. The molecule has 0 saturated carbocycles. The van der Waals surface area contributed by atoms with Crippen LogP contribution in [0, 0.1) is 0 Å². The van der Waals surface area contributed by atoms with Gasteiger partial charge in [-0.1, -0.05) is 23.7 Å². The van der Waals surface area contributed by atoms with Gasteiger partial charge in [0, 0.05) is 39.1 Å². The average Bonchev–Trinajstić information content (AvgIpc) is 2.45. The molecule has 4 nitrogen and oxygen atoms in total. The first kappa shape index (κ1) is 14.2. The quantitative estimate of drug-likeness (QED) is 0.911. The first-order valence-corrected chi connectivity index (χ1v) is 7.02. The molecule has 1 saturated heterocycles. The Kier molecular flexibility index (Phi) is 5.05. The van der Waals surface area contributed by atoms with Crippen LogP contribution in [-0.4, -0.2) is 50.6 Å². The van der Waals surface area contributed by atoms with E-state index >= 15 is 0 Å². The zero-order chi connectivity index (χ0) is 13.7. The van der Waals surface area contributed by atoms with Gasteiger partial charge in [0.1, 0.15) is 0 Å². The van der Waals surface area contributed by atoms with Gasteiger partial charge in [-0.25, -0.2) is 0 Å². The summed E-state index contributed by atoms with van der Waals surface area (Å²) >= 11 is 6.19. The van der Waals surface area contributed by atoms with Crippen LogP contribution >= 0.6 is 11.6 Å². The molecule has 0 spiro atoms. The molecule has 1 aliphatic rings. The summed E-state index contributed by atoms with van der Waals surface area (Å²) in [5, 5.41) is 3.78. The van der Waals surface area contributed by atoms with Gasteiger partial charge in [0.05, 0.1) is 10.7 Å². The number of piperazine rings is 1. The molecule has 1 aliphatic heterocycles. The number of para-hydroxylation sites is 1. The summed E-state index contributed by atoms with van der Waals surface area (Å²) in [6.07, 6.45) is 0.572. The van der Waals surface area contributed by atoms with Gasteiger partial charge in [0.25, 0.3) is 0 Å². The van der Waals surface area contributed by atoms with Crippen LogP contribution in [0.1, 0.15) is 6.42 Å². The van der Waals surface area contributed by atoms with Crippen LogP contribution in [0.4, 0.5) is 5.69 Å². The van der Waals surface area contributed by atoms with Gasteiger partial charge in [-0.3, -0.25) is 4.79 Å². The number of anilines is 1. The van der Waals surface area contributed by atoms with E-state index in [1.165, 1.54) is 0 Å². The number of nitrogens with one attached hydrogen (secondary N) is 1. The molecule has 0 atom stereocenters. The van der Waals surface area contributed by atoms with E-state index in [9.17, 15) is 4.79 Å². The van der Waals surface area contributed by atoms with Crippen LogP contribution in [-0.2, 0) is 4.79 Å². The van der Waals surface area contributed by atoms with Gasteiger partial charge in [-0.2, -0.15) is 0 Å². The Morgan fingerprint density at radius 3 is 2.58 bits per heavy atom. The standard InChI is InChI=1S/C14H20ClN3O/c1-16-7-6-14(19)18-10-8-17(9-11-18)13-5-3-2-4-12(13)15/h2-5,16H,6-11H2,1H3. The first-order chi connectivity index (χ1) is 9.22. The topological polar surface area (TPSA) is 35.6 Å². The van der Waals surface area contributed by atoms with Gasteiger partial charge >= 0.3 is 0 Å². The zero-order valence-corrected chi connectivity index (χ0v) is 12.0. The lowest BCUT2D eigenvalue weighted by Crippen LogP contribution is -2.49. The van der Waals surface area contributed by atoms with Crippen molar-refractivity contribution in [3.63, 3.8) is 0 Å². The van der Waals surface area contributed by atoms with Crippen molar-refractivity contribution in [3.8, 4) is 0 Å². The lowest BCUT2D eigenvalue weighted by molar-refractivity contribution is -0.131. The number of rotatable bonds is 4. The molecule has 0 radical (unpaired) electrons. The summed E-state index contributed by atoms with van der Waals surface area (Å²) in [4.78, 5) is 16.1. The van der Waals surface area contributed by atoms with Crippen LogP contribution in [0.25, 0.3) is 0 Å². The molecule has 1 heterocycles. The Morgan fingerprint density at radius 1 is 1.26 bits per heavy atom. The highest BCUT2D eigenvalue weighted by atomic mass is 35.5. The minimum atomic E-state index is 0.230. The molecule has 1 aromatic carbocycles. The third-order valence-electron chi connectivity index (χ3n) is 3.41. The lowest BCUT2D eigenvalue weighted by atomic mass is 10.2. The van der Waals surface area contributed by atoms with Crippen LogP contribution in [0.15, 0.2) is 24.3 Å².